The number of hydrogen-bond acceptors (Lipinski definition) is 19. The Hall–Kier alpha value is -10.7. The van der Waals surface area contributed by atoms with Crippen molar-refractivity contribution < 1.29 is 67.6 Å². The zero-order chi connectivity index (χ0) is 75.6. The molecule has 4 aromatic heterocycles. The van der Waals surface area contributed by atoms with Crippen LogP contribution in [0.2, 0.25) is 0 Å². The molecular weight excluding hydrogens is 1400 g/mol. The van der Waals surface area contributed by atoms with E-state index in [-0.39, 0.29) is 70.7 Å². The van der Waals surface area contributed by atoms with Gasteiger partial charge in [0.1, 0.15) is 84.4 Å². The number of benzene rings is 4. The number of thiophene rings is 2. The number of amides is 8. The second-order valence-electron chi connectivity index (χ2n) is 28.1. The smallest absolute Gasteiger partial charge is 0.326 e. The molecule has 9 N–H and O–H groups in total. The van der Waals surface area contributed by atoms with E-state index in [1.165, 1.54) is 41.8 Å². The lowest BCUT2D eigenvalue weighted by Gasteiger charge is -2.31. The van der Waals surface area contributed by atoms with Crippen LogP contribution >= 0.6 is 22.7 Å². The van der Waals surface area contributed by atoms with Crippen LogP contribution in [0.1, 0.15) is 113 Å². The first-order valence-corrected chi connectivity index (χ1v) is 37.3. The van der Waals surface area contributed by atoms with Crippen molar-refractivity contribution in [3.63, 3.8) is 0 Å². The maximum Gasteiger partial charge on any atom is 0.326 e. The number of likely N-dealkylation sites (N-methyl/N-ethyl adjacent to an activating group) is 1. The lowest BCUT2D eigenvalue weighted by atomic mass is 10.00. The summed E-state index contributed by atoms with van der Waals surface area (Å²) in [4.78, 5) is 146. The third-order valence-electron chi connectivity index (χ3n) is 19.9. The number of carbonyl (C=O) groups is 10. The van der Waals surface area contributed by atoms with Crippen molar-refractivity contribution in [3.05, 3.63) is 154 Å². The van der Waals surface area contributed by atoms with Crippen LogP contribution < -0.4 is 46.7 Å². The van der Waals surface area contributed by atoms with Gasteiger partial charge in [-0.2, -0.15) is 0 Å². The lowest BCUT2D eigenvalue weighted by molar-refractivity contribution is -0.144. The molecule has 6 aliphatic rings. The molecule has 4 aromatic carbocycles. The summed E-state index contributed by atoms with van der Waals surface area (Å²) in [7, 11) is 1.61. The van der Waals surface area contributed by atoms with Crippen molar-refractivity contribution in [3.8, 4) is 11.5 Å². The van der Waals surface area contributed by atoms with Crippen LogP contribution in [-0.4, -0.2) is 184 Å². The Labute approximate surface area is 619 Å². The third kappa shape index (κ3) is 18.2. The van der Waals surface area contributed by atoms with Crippen LogP contribution in [-0.2, 0) is 86.8 Å². The summed E-state index contributed by atoms with van der Waals surface area (Å²) in [6.45, 7) is 12.0. The third-order valence-corrected chi connectivity index (χ3v) is 21.9. The minimum Gasteiger partial charge on any atom is -0.487 e. The molecule has 0 spiro atoms. The largest absolute Gasteiger partial charge is 0.487 e. The quantitative estimate of drug-likeness (QED) is 0.0609. The molecule has 2 saturated heterocycles. The Morgan fingerprint density at radius 2 is 0.962 bits per heavy atom. The molecule has 12 atom stereocenters. The number of carbonyl (C=O) groups excluding carboxylic acids is 8. The van der Waals surface area contributed by atoms with Gasteiger partial charge in [-0.15, -0.1) is 32.9 Å². The first kappa shape index (κ1) is 76.5. The van der Waals surface area contributed by atoms with Crippen molar-refractivity contribution in [2.24, 2.45) is 17.8 Å². The summed E-state index contributed by atoms with van der Waals surface area (Å²) in [5.74, 6) is -8.20. The summed E-state index contributed by atoms with van der Waals surface area (Å²) in [5.41, 5.74) is 3.13. The zero-order valence-corrected chi connectivity index (χ0v) is 61.7. The van der Waals surface area contributed by atoms with Crippen LogP contribution in [0.25, 0.3) is 20.2 Å². The number of ether oxygens (including phenoxy) is 2. The van der Waals surface area contributed by atoms with Crippen molar-refractivity contribution >= 4 is 102 Å². The van der Waals surface area contributed by atoms with E-state index in [4.69, 9.17) is 9.47 Å². The van der Waals surface area contributed by atoms with Gasteiger partial charge in [0.05, 0.1) is 30.5 Å². The number of likely N-dealkylation sites (tertiary alicyclic amines) is 2. The highest BCUT2D eigenvalue weighted by Crippen LogP contribution is 2.34. The van der Waals surface area contributed by atoms with E-state index >= 15 is 14.4 Å². The molecule has 29 nitrogen and oxygen atoms in total. The topological polar surface area (TPSA) is 382 Å². The highest BCUT2D eigenvalue weighted by Gasteiger charge is 2.47. The van der Waals surface area contributed by atoms with E-state index in [0.29, 0.717) is 51.6 Å². The first-order valence-electron chi connectivity index (χ1n) is 35.5. The van der Waals surface area contributed by atoms with Gasteiger partial charge in [0.15, 0.2) is 0 Å². The van der Waals surface area contributed by atoms with Gasteiger partial charge in [-0.05, 0) is 112 Å². The highest BCUT2D eigenvalue weighted by molar-refractivity contribution is 7.17. The van der Waals surface area contributed by atoms with Crippen LogP contribution in [0.15, 0.2) is 120 Å². The summed E-state index contributed by atoms with van der Waals surface area (Å²) in [5, 5.41) is 64.3. The summed E-state index contributed by atoms with van der Waals surface area (Å²) < 4.78 is 17.2. The second-order valence-corrected chi connectivity index (χ2v) is 29.9. The number of hydrogen-bond donors (Lipinski definition) is 9. The van der Waals surface area contributed by atoms with E-state index in [1.54, 1.807) is 110 Å². The predicted molar refractivity (Wildman–Crippen MR) is 393 cm³/mol. The Morgan fingerprint density at radius 3 is 1.35 bits per heavy atom. The number of fused-ring (bicyclic) bond motifs is 2. The summed E-state index contributed by atoms with van der Waals surface area (Å²) in [6.07, 6.45) is 3.20. The number of nitrogens with one attached hydrogen (secondary N) is 7. The van der Waals surface area contributed by atoms with Gasteiger partial charge in [0.25, 0.3) is 0 Å². The molecule has 6 aliphatic heterocycles. The van der Waals surface area contributed by atoms with Crippen LogP contribution in [0, 0.1) is 17.8 Å². The van der Waals surface area contributed by atoms with Gasteiger partial charge in [0, 0.05) is 66.9 Å². The number of carboxylic acid groups (broad SMARTS) is 2. The fraction of sp³-hybridized carbons (Fsp3) is 0.440. The molecule has 560 valence electrons. The maximum atomic E-state index is 15.2. The van der Waals surface area contributed by atoms with Gasteiger partial charge in [-0.1, -0.05) is 113 Å². The molecule has 12 bridgehead atoms. The molecule has 0 unspecified atom stereocenters. The van der Waals surface area contributed by atoms with Gasteiger partial charge in [0.2, 0.25) is 47.3 Å². The van der Waals surface area contributed by atoms with E-state index in [1.807, 2.05) is 66.2 Å². The van der Waals surface area contributed by atoms with Crippen molar-refractivity contribution in [2.45, 2.75) is 173 Å². The summed E-state index contributed by atoms with van der Waals surface area (Å²) >= 11 is 2.88. The predicted octanol–water partition coefficient (Wildman–Crippen LogP) is 5.07. The Bertz CT molecular complexity index is 4240. The second kappa shape index (κ2) is 34.1. The Balaban J connectivity index is 0.911. The molecule has 14 rings (SSSR count). The number of aliphatic carboxylic acids is 2. The molecule has 10 heterocycles. The zero-order valence-electron chi connectivity index (χ0n) is 60.1. The minimum atomic E-state index is -1.50. The molecule has 31 heteroatoms. The molecule has 106 heavy (non-hydrogen) atoms. The average molecular weight is 1490 g/mol. The monoisotopic (exact) mass is 1490 g/mol. The standard InChI is InChI=1S/C75H89N15O14S2/c1-9-42(6)66(91)81-64(40(2)3)72(97)87-34-50-30-60(87)70(95)77-56(28-46-38-105-62-16-12-10-14-54(46)62)68(93)79-58(74(99)100)26-44-20-24-53(25-21-44)104-37-49-33-90(86-84-49)51-31-61(88(35-51)73(98)65(41(4)5)82-67(92)43(7)76-8)71(96)78-57(29-47-39-106-63-17-13-11-15-55(47)63)69(94)80-59(75(101)102)27-45-18-22-52(23-19-45)103-36-48-32-89(50)85-83-48/h10-25,32-33,38-43,50-51,56-61,64-65,76H,9,26-31,34-37H2,1-8H3,(H,77,95)(H,78,96)(H,79,93)(H,80,94)(H,81,91)(H,82,92)(H,99,100)(H,101,102)/t42-,43+,50+,51+,56+,57+,58+,59+,60+,61+,64+,65+/m1/s1. The first-order chi connectivity index (χ1) is 50.8. The SMILES string of the molecule is CC[C@@H](C)C(=O)N[C@H](C(=O)N1C[C@@H]2C[C@H]1C(=O)N[C@@H](Cc1csc3ccccc13)C(=O)N[C@H](C(=O)O)Cc1ccc(cc1)OCc1cn(nn1)[C@H]1C[C@@H](C(=O)N[C@@H](Cc3csc4ccccc34)C(=O)N[C@H](C(=O)O)Cc3ccc(cc3)OCc3cn2nn3)N(C(=O)[C@@H](NC(=O)[C@H](C)NC)C(C)C)C1)C(C)C. The molecule has 2 fully saturated rings. The highest BCUT2D eigenvalue weighted by atomic mass is 32.1. The maximum absolute atomic E-state index is 15.2. The normalized spacial score (nSPS) is 21.9. The van der Waals surface area contributed by atoms with Crippen molar-refractivity contribution in [1.29, 1.82) is 0 Å². The Morgan fingerprint density at radius 1 is 0.557 bits per heavy atom. The van der Waals surface area contributed by atoms with Gasteiger partial charge in [-0.25, -0.2) is 19.0 Å². The van der Waals surface area contributed by atoms with E-state index in [9.17, 15) is 43.8 Å². The van der Waals surface area contributed by atoms with Gasteiger partial charge in [-0.3, -0.25) is 38.4 Å². The number of rotatable bonds is 16. The van der Waals surface area contributed by atoms with Crippen molar-refractivity contribution in [2.75, 3.05) is 20.1 Å². The van der Waals surface area contributed by atoms with E-state index in [2.05, 4.69) is 57.8 Å². The van der Waals surface area contributed by atoms with E-state index in [0.717, 1.165) is 20.2 Å². The van der Waals surface area contributed by atoms with Crippen molar-refractivity contribution in [1.82, 2.24) is 77.0 Å². The number of aromatic nitrogens is 6. The van der Waals surface area contributed by atoms with Crippen LogP contribution in [0.5, 0.6) is 11.5 Å². The molecule has 0 radical (unpaired) electrons. The van der Waals surface area contributed by atoms with Gasteiger partial charge < -0.3 is 66.7 Å². The molecule has 8 aromatic rings. The minimum absolute atomic E-state index is 0.0139. The van der Waals surface area contributed by atoms with Crippen LogP contribution in [0.4, 0.5) is 0 Å². The number of carboxylic acids is 2. The molecule has 0 aliphatic carbocycles. The summed E-state index contributed by atoms with van der Waals surface area (Å²) in [6, 6.07) is 15.8. The average Bonchev–Trinajstić information content (AvgIpc) is 1.64. The van der Waals surface area contributed by atoms with Gasteiger partial charge >= 0.3 is 11.9 Å². The molecule has 0 saturated carbocycles. The number of nitrogens with zero attached hydrogens (tertiary/aromatic N) is 8. The fourth-order valence-corrected chi connectivity index (χ4v) is 15.3. The lowest BCUT2D eigenvalue weighted by Crippen LogP contribution is -2.59. The van der Waals surface area contributed by atoms with E-state index < -0.39 is 138 Å². The molecule has 8 amide bonds. The fourth-order valence-electron chi connectivity index (χ4n) is 13.3. The van der Waals surface area contributed by atoms with Crippen LogP contribution in [0.3, 0.4) is 0 Å². The Kier molecular flexibility index (Phi) is 24.6. The molecular formula is C75H89N15O14S2.